The van der Waals surface area contributed by atoms with E-state index in [0.717, 1.165) is 5.56 Å². The lowest BCUT2D eigenvalue weighted by Crippen LogP contribution is -1.86. The fourth-order valence-corrected chi connectivity index (χ4v) is 1.43. The van der Waals surface area contributed by atoms with Crippen LogP contribution in [0.3, 0.4) is 0 Å². The normalized spacial score (nSPS) is 9.56. The molecule has 0 spiro atoms. The molecule has 0 atom stereocenters. The molecule has 0 bridgehead atoms. The van der Waals surface area contributed by atoms with E-state index in [-0.39, 0.29) is 11.1 Å². The van der Waals surface area contributed by atoms with Gasteiger partial charge in [-0.3, -0.25) is 0 Å². The van der Waals surface area contributed by atoms with Gasteiger partial charge in [-0.1, -0.05) is 41.9 Å². The smallest absolute Gasteiger partial charge is 0.218 e. The number of halogens is 1. The second-order valence-corrected chi connectivity index (χ2v) is 3.32. The van der Waals surface area contributed by atoms with Crippen LogP contribution in [0.25, 0.3) is 21.7 Å². The van der Waals surface area contributed by atoms with Gasteiger partial charge in [0.15, 0.2) is 0 Å². The third kappa shape index (κ3) is 2.28. The van der Waals surface area contributed by atoms with Crippen LogP contribution < -0.4 is 0 Å². The van der Waals surface area contributed by atoms with Crippen LogP contribution >= 0.6 is 11.6 Å². The maximum Gasteiger partial charge on any atom is 0.218 e. The molecule has 1 aromatic heterocycles. The van der Waals surface area contributed by atoms with Gasteiger partial charge in [-0.05, 0) is 10.6 Å². The average molecular weight is 232 g/mol. The van der Waals surface area contributed by atoms with Crippen molar-refractivity contribution in [3.63, 3.8) is 0 Å². The highest BCUT2D eigenvalue weighted by molar-refractivity contribution is 6.29. The molecule has 78 valence electrons. The fraction of sp³-hybridized carbons (Fsp3) is 0. The van der Waals surface area contributed by atoms with Crippen LogP contribution in [0.2, 0.25) is 5.15 Å². The molecule has 0 fully saturated rings. The van der Waals surface area contributed by atoms with E-state index < -0.39 is 0 Å². The number of hydrogen-bond donors (Lipinski definition) is 0. The van der Waals surface area contributed by atoms with Crippen molar-refractivity contribution < 1.29 is 0 Å². The summed E-state index contributed by atoms with van der Waals surface area (Å²) in [5, 5.41) is 3.57. The summed E-state index contributed by atoms with van der Waals surface area (Å²) in [5.74, 6) is 0.0221. The molecule has 0 radical (unpaired) electrons. The van der Waals surface area contributed by atoms with Crippen LogP contribution in [0.1, 0.15) is 0 Å². The Morgan fingerprint density at radius 2 is 1.94 bits per heavy atom. The molecule has 0 saturated heterocycles. The standard InChI is InChI=1S/C10H6ClN5/c11-9-6-8(7-4-2-1-3-5-7)13-10(14-9)15-16-12/h1-6H. The second kappa shape index (κ2) is 4.61. The van der Waals surface area contributed by atoms with Crippen molar-refractivity contribution >= 4 is 17.5 Å². The monoisotopic (exact) mass is 231 g/mol. The molecule has 1 aromatic carbocycles. The third-order valence-electron chi connectivity index (χ3n) is 1.89. The maximum absolute atomic E-state index is 8.31. The summed E-state index contributed by atoms with van der Waals surface area (Å²) in [5.41, 5.74) is 9.83. The molecule has 0 aliphatic rings. The van der Waals surface area contributed by atoms with Gasteiger partial charge in [0.25, 0.3) is 0 Å². The van der Waals surface area contributed by atoms with E-state index in [2.05, 4.69) is 20.0 Å². The van der Waals surface area contributed by atoms with Crippen molar-refractivity contribution in [2.75, 3.05) is 0 Å². The van der Waals surface area contributed by atoms with Crippen molar-refractivity contribution in [2.45, 2.75) is 0 Å². The zero-order chi connectivity index (χ0) is 11.4. The van der Waals surface area contributed by atoms with Crippen molar-refractivity contribution in [1.29, 1.82) is 0 Å². The van der Waals surface area contributed by atoms with Gasteiger partial charge in [0, 0.05) is 16.5 Å². The average Bonchev–Trinajstić information content (AvgIpc) is 2.30. The minimum Gasteiger partial charge on any atom is -0.227 e. The Morgan fingerprint density at radius 1 is 1.19 bits per heavy atom. The summed E-state index contributed by atoms with van der Waals surface area (Å²) in [6.45, 7) is 0. The SMILES string of the molecule is [N-]=[N+]=Nc1nc(Cl)cc(-c2ccccc2)n1. The molecule has 0 aliphatic carbocycles. The van der Waals surface area contributed by atoms with Crippen LogP contribution in [-0.2, 0) is 0 Å². The number of nitrogens with zero attached hydrogens (tertiary/aromatic N) is 5. The molecular formula is C10H6ClN5. The van der Waals surface area contributed by atoms with E-state index in [4.69, 9.17) is 17.1 Å². The molecule has 0 saturated carbocycles. The molecule has 0 amide bonds. The molecule has 1 heterocycles. The van der Waals surface area contributed by atoms with Gasteiger partial charge in [-0.15, -0.1) is 0 Å². The van der Waals surface area contributed by atoms with E-state index >= 15 is 0 Å². The molecule has 0 aliphatic heterocycles. The van der Waals surface area contributed by atoms with E-state index in [1.54, 1.807) is 6.07 Å². The molecule has 0 unspecified atom stereocenters. The van der Waals surface area contributed by atoms with Crippen molar-refractivity contribution in [1.82, 2.24) is 9.97 Å². The molecule has 2 aromatic rings. The van der Waals surface area contributed by atoms with Crippen LogP contribution in [0.5, 0.6) is 0 Å². The van der Waals surface area contributed by atoms with E-state index in [9.17, 15) is 0 Å². The first-order valence-corrected chi connectivity index (χ1v) is 4.82. The minimum absolute atomic E-state index is 0.0221. The number of rotatable bonds is 2. The zero-order valence-corrected chi connectivity index (χ0v) is 8.83. The first-order valence-electron chi connectivity index (χ1n) is 4.45. The van der Waals surface area contributed by atoms with Gasteiger partial charge >= 0.3 is 0 Å². The predicted molar refractivity (Wildman–Crippen MR) is 61.3 cm³/mol. The van der Waals surface area contributed by atoms with Gasteiger partial charge in [0.1, 0.15) is 5.15 Å². The Kier molecular flexibility index (Phi) is 3.00. The van der Waals surface area contributed by atoms with Gasteiger partial charge in [0.2, 0.25) is 5.95 Å². The number of aromatic nitrogens is 2. The number of hydrogen-bond acceptors (Lipinski definition) is 3. The van der Waals surface area contributed by atoms with E-state index in [1.165, 1.54) is 0 Å². The fourth-order valence-electron chi connectivity index (χ4n) is 1.25. The van der Waals surface area contributed by atoms with Crippen LogP contribution in [0.4, 0.5) is 5.95 Å². The Morgan fingerprint density at radius 3 is 2.62 bits per heavy atom. The second-order valence-electron chi connectivity index (χ2n) is 2.93. The molecule has 6 heteroatoms. The highest BCUT2D eigenvalue weighted by atomic mass is 35.5. The first-order chi connectivity index (χ1) is 7.79. The Bertz CT molecular complexity index is 548. The zero-order valence-electron chi connectivity index (χ0n) is 8.08. The van der Waals surface area contributed by atoms with Gasteiger partial charge in [0.05, 0.1) is 5.69 Å². The molecule has 2 rings (SSSR count). The number of azide groups is 1. The van der Waals surface area contributed by atoms with Gasteiger partial charge in [-0.2, -0.15) is 0 Å². The number of benzene rings is 1. The maximum atomic E-state index is 8.31. The van der Waals surface area contributed by atoms with Crippen molar-refractivity contribution in [3.8, 4) is 11.3 Å². The van der Waals surface area contributed by atoms with Gasteiger partial charge < -0.3 is 0 Å². The van der Waals surface area contributed by atoms with E-state index in [1.807, 2.05) is 30.3 Å². The first kappa shape index (κ1) is 10.4. The quantitative estimate of drug-likeness (QED) is 0.342. The van der Waals surface area contributed by atoms with Crippen LogP contribution in [0, 0.1) is 0 Å². The molecular weight excluding hydrogens is 226 g/mol. The summed E-state index contributed by atoms with van der Waals surface area (Å²) >= 11 is 5.80. The summed E-state index contributed by atoms with van der Waals surface area (Å²) in [6.07, 6.45) is 0. The highest BCUT2D eigenvalue weighted by Gasteiger charge is 2.03. The lowest BCUT2D eigenvalue weighted by atomic mass is 10.1. The van der Waals surface area contributed by atoms with Gasteiger partial charge in [-0.25, -0.2) is 9.97 Å². The van der Waals surface area contributed by atoms with Crippen LogP contribution in [0.15, 0.2) is 41.5 Å². The Hall–Kier alpha value is -2.10. The third-order valence-corrected chi connectivity index (χ3v) is 2.08. The summed E-state index contributed by atoms with van der Waals surface area (Å²) < 4.78 is 0. The molecule has 0 N–H and O–H groups in total. The Labute approximate surface area is 96.4 Å². The largest absolute Gasteiger partial charge is 0.227 e. The molecule has 5 nitrogen and oxygen atoms in total. The predicted octanol–water partition coefficient (Wildman–Crippen LogP) is 3.74. The topological polar surface area (TPSA) is 74.5 Å². The summed E-state index contributed by atoms with van der Waals surface area (Å²) in [6, 6.07) is 11.1. The highest BCUT2D eigenvalue weighted by Crippen LogP contribution is 2.21. The minimum atomic E-state index is 0.0221. The lowest BCUT2D eigenvalue weighted by Gasteiger charge is -2.01. The van der Waals surface area contributed by atoms with Crippen molar-refractivity contribution in [3.05, 3.63) is 52.0 Å². The Balaban J connectivity index is 2.53. The van der Waals surface area contributed by atoms with Crippen molar-refractivity contribution in [2.24, 2.45) is 5.11 Å². The van der Waals surface area contributed by atoms with E-state index in [0.29, 0.717) is 5.69 Å². The molecule has 16 heavy (non-hydrogen) atoms. The lowest BCUT2D eigenvalue weighted by molar-refractivity contribution is 1.13. The summed E-state index contributed by atoms with van der Waals surface area (Å²) in [7, 11) is 0. The summed E-state index contributed by atoms with van der Waals surface area (Å²) in [4.78, 5) is 10.5. The van der Waals surface area contributed by atoms with Crippen LogP contribution in [-0.4, -0.2) is 9.97 Å².